The van der Waals surface area contributed by atoms with Crippen LogP contribution in [0.15, 0.2) is 73.1 Å². The maximum absolute atomic E-state index is 12.3. The van der Waals surface area contributed by atoms with E-state index in [0.29, 0.717) is 13.2 Å². The van der Waals surface area contributed by atoms with Crippen LogP contribution in [0.5, 0.6) is 5.75 Å². The number of likely N-dealkylation sites (N-methyl/N-ethyl adjacent to an activating group) is 1. The number of fused-ring (bicyclic) bond motifs is 1. The predicted molar refractivity (Wildman–Crippen MR) is 121 cm³/mol. The van der Waals surface area contributed by atoms with Gasteiger partial charge in [-0.15, -0.1) is 11.3 Å². The number of amides is 1. The van der Waals surface area contributed by atoms with Crippen molar-refractivity contribution < 1.29 is 9.53 Å². The van der Waals surface area contributed by atoms with E-state index in [0.717, 1.165) is 31.9 Å². The van der Waals surface area contributed by atoms with Gasteiger partial charge in [-0.1, -0.05) is 29.8 Å². The largest absolute Gasteiger partial charge is 0.487 e. The summed E-state index contributed by atoms with van der Waals surface area (Å²) in [6.45, 7) is 0.934. The quantitative estimate of drug-likeness (QED) is 0.368. The molecule has 0 unspecified atom stereocenters. The van der Waals surface area contributed by atoms with E-state index in [9.17, 15) is 4.79 Å². The molecule has 0 aliphatic carbocycles. The van der Waals surface area contributed by atoms with Crippen molar-refractivity contribution in [3.05, 3.63) is 93.5 Å². The second-order valence-electron chi connectivity index (χ2n) is 6.79. The van der Waals surface area contributed by atoms with Crippen molar-refractivity contribution in [1.82, 2.24) is 14.3 Å². The van der Waals surface area contributed by atoms with Crippen LogP contribution in [0.1, 0.15) is 16.1 Å². The highest BCUT2D eigenvalue weighted by Gasteiger charge is 2.08. The van der Waals surface area contributed by atoms with Gasteiger partial charge in [0.1, 0.15) is 18.0 Å². The van der Waals surface area contributed by atoms with Gasteiger partial charge in [0.2, 0.25) is 5.91 Å². The molecule has 5 nitrogen and oxygen atoms in total. The molecule has 3 aromatic heterocycles. The Morgan fingerprint density at radius 2 is 2.03 bits per heavy atom. The van der Waals surface area contributed by atoms with Crippen molar-refractivity contribution in [2.75, 3.05) is 7.05 Å². The van der Waals surface area contributed by atoms with Crippen LogP contribution < -0.4 is 4.74 Å². The van der Waals surface area contributed by atoms with Crippen LogP contribution in [-0.4, -0.2) is 27.2 Å². The first-order valence-electron chi connectivity index (χ1n) is 9.40. The SMILES string of the molecule is CN(Cc1ccc(Cl)s1)C(=O)C=Cc1ccc(OCc2cn3ccccc3n2)cc1. The molecule has 0 N–H and O–H groups in total. The predicted octanol–water partition coefficient (Wildman–Crippen LogP) is 5.30. The Hall–Kier alpha value is -3.09. The smallest absolute Gasteiger partial charge is 0.246 e. The van der Waals surface area contributed by atoms with E-state index in [2.05, 4.69) is 4.98 Å². The van der Waals surface area contributed by atoms with E-state index < -0.39 is 0 Å². The third kappa shape index (κ3) is 5.09. The molecular formula is C23H20ClN3O2S. The molecule has 0 saturated heterocycles. The lowest BCUT2D eigenvalue weighted by Gasteiger charge is -2.13. The Bertz CT molecular complexity index is 1150. The van der Waals surface area contributed by atoms with Crippen LogP contribution >= 0.6 is 22.9 Å². The van der Waals surface area contributed by atoms with Crippen LogP contribution in [0.2, 0.25) is 4.34 Å². The van der Waals surface area contributed by atoms with Crippen LogP contribution in [0.25, 0.3) is 11.7 Å². The number of imidazole rings is 1. The van der Waals surface area contributed by atoms with Gasteiger partial charge in [0.05, 0.1) is 16.6 Å². The van der Waals surface area contributed by atoms with Gasteiger partial charge in [-0.2, -0.15) is 0 Å². The summed E-state index contributed by atoms with van der Waals surface area (Å²) >= 11 is 7.42. The number of hydrogen-bond acceptors (Lipinski definition) is 4. The molecule has 0 bridgehead atoms. The molecule has 1 aromatic carbocycles. The molecule has 0 radical (unpaired) electrons. The average Bonchev–Trinajstić information content (AvgIpc) is 3.36. The van der Waals surface area contributed by atoms with Crippen molar-refractivity contribution in [2.45, 2.75) is 13.2 Å². The second kappa shape index (κ2) is 9.15. The van der Waals surface area contributed by atoms with Gasteiger partial charge >= 0.3 is 0 Å². The Morgan fingerprint density at radius 3 is 2.77 bits per heavy atom. The Balaban J connectivity index is 1.30. The van der Waals surface area contributed by atoms with E-state index >= 15 is 0 Å². The zero-order valence-electron chi connectivity index (χ0n) is 16.4. The van der Waals surface area contributed by atoms with Gasteiger partial charge in [-0.05, 0) is 48.0 Å². The highest BCUT2D eigenvalue weighted by molar-refractivity contribution is 7.16. The molecule has 0 aliphatic rings. The van der Waals surface area contributed by atoms with Crippen LogP contribution in [0.4, 0.5) is 0 Å². The fraction of sp³-hybridized carbons (Fsp3) is 0.130. The zero-order valence-corrected chi connectivity index (χ0v) is 17.9. The molecule has 0 spiro atoms. The highest BCUT2D eigenvalue weighted by atomic mass is 35.5. The molecular weight excluding hydrogens is 418 g/mol. The number of carbonyl (C=O) groups is 1. The topological polar surface area (TPSA) is 46.8 Å². The number of halogens is 1. The molecule has 0 fully saturated rings. The average molecular weight is 438 g/mol. The number of hydrogen-bond donors (Lipinski definition) is 0. The standard InChI is InChI=1S/C23H20ClN3O2S/c1-26(15-20-10-11-21(24)30-20)23(28)12-7-17-5-8-19(9-6-17)29-16-18-14-27-13-3-2-4-22(27)25-18/h2-14H,15-16H2,1H3. The lowest BCUT2D eigenvalue weighted by Crippen LogP contribution is -2.23. The first kappa shape index (κ1) is 20.2. The number of thiophene rings is 1. The molecule has 3 heterocycles. The molecule has 4 aromatic rings. The van der Waals surface area contributed by atoms with Gasteiger partial charge in [0.25, 0.3) is 0 Å². The monoisotopic (exact) mass is 437 g/mol. The van der Waals surface area contributed by atoms with E-state index in [1.54, 1.807) is 24.1 Å². The van der Waals surface area contributed by atoms with Crippen LogP contribution in [0.3, 0.4) is 0 Å². The zero-order chi connectivity index (χ0) is 20.9. The van der Waals surface area contributed by atoms with Gasteiger partial charge in [0.15, 0.2) is 0 Å². The Morgan fingerprint density at radius 1 is 1.20 bits per heavy atom. The van der Waals surface area contributed by atoms with Gasteiger partial charge < -0.3 is 14.0 Å². The van der Waals surface area contributed by atoms with Crippen molar-refractivity contribution in [1.29, 1.82) is 0 Å². The summed E-state index contributed by atoms with van der Waals surface area (Å²) in [4.78, 5) is 19.5. The maximum atomic E-state index is 12.3. The van der Waals surface area contributed by atoms with Crippen molar-refractivity contribution >= 4 is 40.6 Å². The molecule has 0 saturated carbocycles. The van der Waals surface area contributed by atoms with Gasteiger partial charge in [0, 0.05) is 30.4 Å². The van der Waals surface area contributed by atoms with Crippen molar-refractivity contribution in [2.24, 2.45) is 0 Å². The number of benzene rings is 1. The van der Waals surface area contributed by atoms with E-state index in [-0.39, 0.29) is 5.91 Å². The number of aromatic nitrogens is 2. The minimum absolute atomic E-state index is 0.0632. The summed E-state index contributed by atoms with van der Waals surface area (Å²) in [6, 6.07) is 17.3. The fourth-order valence-corrected chi connectivity index (χ4v) is 4.07. The first-order valence-corrected chi connectivity index (χ1v) is 10.6. The highest BCUT2D eigenvalue weighted by Crippen LogP contribution is 2.22. The fourth-order valence-electron chi connectivity index (χ4n) is 2.93. The van der Waals surface area contributed by atoms with Crippen LogP contribution in [-0.2, 0) is 17.9 Å². The van der Waals surface area contributed by atoms with Crippen molar-refractivity contribution in [3.63, 3.8) is 0 Å². The number of nitrogens with zero attached hydrogens (tertiary/aromatic N) is 3. The Labute approximate surface area is 183 Å². The minimum atomic E-state index is -0.0632. The summed E-state index contributed by atoms with van der Waals surface area (Å²) in [5.74, 6) is 0.689. The molecule has 4 rings (SSSR count). The number of pyridine rings is 1. The second-order valence-corrected chi connectivity index (χ2v) is 8.59. The summed E-state index contributed by atoms with van der Waals surface area (Å²) in [6.07, 6.45) is 7.29. The minimum Gasteiger partial charge on any atom is -0.487 e. The number of rotatable bonds is 7. The number of ether oxygens (including phenoxy) is 1. The molecule has 7 heteroatoms. The van der Waals surface area contributed by atoms with E-state index in [4.69, 9.17) is 16.3 Å². The van der Waals surface area contributed by atoms with Crippen LogP contribution in [0, 0.1) is 0 Å². The summed E-state index contributed by atoms with van der Waals surface area (Å²) in [5, 5.41) is 0. The molecule has 0 atom stereocenters. The Kier molecular flexibility index (Phi) is 6.16. The van der Waals surface area contributed by atoms with E-state index in [1.807, 2.05) is 71.4 Å². The van der Waals surface area contributed by atoms with E-state index in [1.165, 1.54) is 11.3 Å². The third-order valence-corrected chi connectivity index (χ3v) is 5.71. The van der Waals surface area contributed by atoms with Gasteiger partial charge in [-0.25, -0.2) is 4.98 Å². The molecule has 0 aliphatic heterocycles. The third-order valence-electron chi connectivity index (χ3n) is 4.50. The normalized spacial score (nSPS) is 11.3. The summed E-state index contributed by atoms with van der Waals surface area (Å²) in [5.41, 5.74) is 2.69. The lowest BCUT2D eigenvalue weighted by molar-refractivity contribution is -0.125. The summed E-state index contributed by atoms with van der Waals surface area (Å²) in [7, 11) is 1.77. The van der Waals surface area contributed by atoms with Gasteiger partial charge in [-0.3, -0.25) is 4.79 Å². The summed E-state index contributed by atoms with van der Waals surface area (Å²) < 4.78 is 8.52. The number of carbonyl (C=O) groups excluding carboxylic acids is 1. The lowest BCUT2D eigenvalue weighted by atomic mass is 10.2. The first-order chi connectivity index (χ1) is 14.6. The van der Waals surface area contributed by atoms with Crippen molar-refractivity contribution in [3.8, 4) is 5.75 Å². The molecule has 30 heavy (non-hydrogen) atoms. The maximum Gasteiger partial charge on any atom is 0.246 e. The molecule has 1 amide bonds. The molecule has 152 valence electrons.